The molecule has 1 aliphatic rings. The van der Waals surface area contributed by atoms with Crippen LogP contribution >= 0.6 is 0 Å². The zero-order valence-electron chi connectivity index (χ0n) is 9.96. The van der Waals surface area contributed by atoms with Crippen LogP contribution in [-0.4, -0.2) is 25.8 Å². The summed E-state index contributed by atoms with van der Waals surface area (Å²) in [5, 5.41) is 0. The molecule has 0 unspecified atom stereocenters. The lowest BCUT2D eigenvalue weighted by Gasteiger charge is -2.23. The van der Waals surface area contributed by atoms with Crippen molar-refractivity contribution < 1.29 is 8.42 Å². The SMILES string of the molecule is CN(C1CCCC1)S(=O)(=O)c1cccc(N)c1. The highest BCUT2D eigenvalue weighted by Crippen LogP contribution is 2.27. The smallest absolute Gasteiger partial charge is 0.243 e. The zero-order valence-corrected chi connectivity index (χ0v) is 10.8. The molecule has 0 aliphatic heterocycles. The molecule has 0 saturated heterocycles. The van der Waals surface area contributed by atoms with Crippen LogP contribution in [0.25, 0.3) is 0 Å². The van der Waals surface area contributed by atoms with Gasteiger partial charge in [0.1, 0.15) is 0 Å². The van der Waals surface area contributed by atoms with Crippen LogP contribution < -0.4 is 5.73 Å². The van der Waals surface area contributed by atoms with Gasteiger partial charge in [0.25, 0.3) is 0 Å². The molecule has 94 valence electrons. The predicted molar refractivity (Wildman–Crippen MR) is 68.1 cm³/mol. The molecule has 2 rings (SSSR count). The predicted octanol–water partition coefficient (Wildman–Crippen LogP) is 1.83. The van der Waals surface area contributed by atoms with Crippen molar-refractivity contribution in [1.82, 2.24) is 4.31 Å². The third-order valence-electron chi connectivity index (χ3n) is 3.37. The van der Waals surface area contributed by atoms with Gasteiger partial charge < -0.3 is 5.73 Å². The molecular formula is C12H18N2O2S. The average molecular weight is 254 g/mol. The molecule has 0 heterocycles. The molecule has 2 N–H and O–H groups in total. The molecule has 17 heavy (non-hydrogen) atoms. The number of rotatable bonds is 3. The van der Waals surface area contributed by atoms with E-state index in [4.69, 9.17) is 5.73 Å². The second-order valence-corrected chi connectivity index (χ2v) is 6.53. The molecule has 1 fully saturated rings. The van der Waals surface area contributed by atoms with Crippen LogP contribution in [-0.2, 0) is 10.0 Å². The standard InChI is InChI=1S/C12H18N2O2S/c1-14(11-6-2-3-7-11)17(15,16)12-8-4-5-10(13)9-12/h4-5,8-9,11H,2-3,6-7,13H2,1H3. The van der Waals surface area contributed by atoms with E-state index in [0.717, 1.165) is 25.7 Å². The maximum absolute atomic E-state index is 12.3. The Labute approximate surface area is 102 Å². The Morgan fingerprint density at radius 1 is 1.29 bits per heavy atom. The van der Waals surface area contributed by atoms with Crippen LogP contribution in [0.1, 0.15) is 25.7 Å². The first kappa shape index (κ1) is 12.4. The molecule has 1 saturated carbocycles. The van der Waals surface area contributed by atoms with Crippen molar-refractivity contribution in [1.29, 1.82) is 0 Å². The van der Waals surface area contributed by atoms with E-state index in [2.05, 4.69) is 0 Å². The third-order valence-corrected chi connectivity index (χ3v) is 5.28. The minimum Gasteiger partial charge on any atom is -0.399 e. The van der Waals surface area contributed by atoms with Gasteiger partial charge in [-0.15, -0.1) is 0 Å². The molecule has 1 aromatic rings. The maximum Gasteiger partial charge on any atom is 0.243 e. The van der Waals surface area contributed by atoms with Crippen molar-refractivity contribution in [2.45, 2.75) is 36.6 Å². The van der Waals surface area contributed by atoms with Crippen LogP contribution in [0, 0.1) is 0 Å². The minimum atomic E-state index is -3.39. The first-order valence-corrected chi connectivity index (χ1v) is 7.29. The summed E-state index contributed by atoms with van der Waals surface area (Å²) in [5.41, 5.74) is 6.10. The molecule has 1 aromatic carbocycles. The number of sulfonamides is 1. The van der Waals surface area contributed by atoms with E-state index >= 15 is 0 Å². The Hall–Kier alpha value is -1.07. The summed E-state index contributed by atoms with van der Waals surface area (Å²) >= 11 is 0. The van der Waals surface area contributed by atoms with E-state index in [1.807, 2.05) is 0 Å². The van der Waals surface area contributed by atoms with Gasteiger partial charge in [-0.1, -0.05) is 18.9 Å². The highest BCUT2D eigenvalue weighted by Gasteiger charge is 2.29. The number of benzene rings is 1. The highest BCUT2D eigenvalue weighted by molar-refractivity contribution is 7.89. The molecule has 0 atom stereocenters. The number of hydrogen-bond acceptors (Lipinski definition) is 3. The van der Waals surface area contributed by atoms with Crippen molar-refractivity contribution in [3.8, 4) is 0 Å². The van der Waals surface area contributed by atoms with Gasteiger partial charge in [-0.05, 0) is 31.0 Å². The van der Waals surface area contributed by atoms with E-state index in [1.165, 1.54) is 10.4 Å². The lowest BCUT2D eigenvalue weighted by atomic mass is 10.3. The third kappa shape index (κ3) is 2.45. The molecule has 0 aromatic heterocycles. The Morgan fingerprint density at radius 3 is 2.53 bits per heavy atom. The van der Waals surface area contributed by atoms with Crippen LogP contribution in [0.15, 0.2) is 29.2 Å². The first-order valence-electron chi connectivity index (χ1n) is 5.85. The summed E-state index contributed by atoms with van der Waals surface area (Å²) < 4.78 is 26.2. The summed E-state index contributed by atoms with van der Waals surface area (Å²) in [6.45, 7) is 0. The molecule has 0 bridgehead atoms. The van der Waals surface area contributed by atoms with E-state index in [-0.39, 0.29) is 10.9 Å². The molecular weight excluding hydrogens is 236 g/mol. The second-order valence-electron chi connectivity index (χ2n) is 4.53. The average Bonchev–Trinajstić information content (AvgIpc) is 2.81. The zero-order chi connectivity index (χ0) is 12.5. The molecule has 5 heteroatoms. The number of hydrogen-bond donors (Lipinski definition) is 1. The van der Waals surface area contributed by atoms with E-state index in [1.54, 1.807) is 25.2 Å². The van der Waals surface area contributed by atoms with E-state index in [0.29, 0.717) is 5.69 Å². The van der Waals surface area contributed by atoms with Crippen molar-refractivity contribution in [2.24, 2.45) is 0 Å². The Kier molecular flexibility index (Phi) is 3.40. The number of nitrogens with two attached hydrogens (primary N) is 1. The van der Waals surface area contributed by atoms with Gasteiger partial charge in [0.15, 0.2) is 0 Å². The normalized spacial score (nSPS) is 17.8. The van der Waals surface area contributed by atoms with Crippen LogP contribution in [0.4, 0.5) is 5.69 Å². The summed E-state index contributed by atoms with van der Waals surface area (Å²) in [5.74, 6) is 0. The fourth-order valence-corrected chi connectivity index (χ4v) is 3.78. The molecule has 4 nitrogen and oxygen atoms in total. The Balaban J connectivity index is 2.29. The van der Waals surface area contributed by atoms with Crippen molar-refractivity contribution >= 4 is 15.7 Å². The van der Waals surface area contributed by atoms with E-state index < -0.39 is 10.0 Å². The number of anilines is 1. The topological polar surface area (TPSA) is 63.4 Å². The van der Waals surface area contributed by atoms with Gasteiger partial charge in [-0.2, -0.15) is 4.31 Å². The van der Waals surface area contributed by atoms with E-state index in [9.17, 15) is 8.42 Å². The first-order chi connectivity index (χ1) is 8.01. The number of nitrogens with zero attached hydrogens (tertiary/aromatic N) is 1. The quantitative estimate of drug-likeness (QED) is 0.837. The molecule has 0 spiro atoms. The molecule has 1 aliphatic carbocycles. The Morgan fingerprint density at radius 2 is 1.94 bits per heavy atom. The van der Waals surface area contributed by atoms with Crippen LogP contribution in [0.2, 0.25) is 0 Å². The second kappa shape index (κ2) is 4.66. The van der Waals surface area contributed by atoms with Crippen molar-refractivity contribution in [3.05, 3.63) is 24.3 Å². The largest absolute Gasteiger partial charge is 0.399 e. The van der Waals surface area contributed by atoms with Gasteiger partial charge in [0.05, 0.1) is 4.90 Å². The van der Waals surface area contributed by atoms with Gasteiger partial charge in [-0.25, -0.2) is 8.42 Å². The van der Waals surface area contributed by atoms with Gasteiger partial charge >= 0.3 is 0 Å². The van der Waals surface area contributed by atoms with Crippen molar-refractivity contribution in [2.75, 3.05) is 12.8 Å². The Bertz CT molecular complexity index is 493. The lowest BCUT2D eigenvalue weighted by Crippen LogP contribution is -2.35. The summed E-state index contributed by atoms with van der Waals surface area (Å²) in [6.07, 6.45) is 4.14. The summed E-state index contributed by atoms with van der Waals surface area (Å²) in [6, 6.07) is 6.61. The van der Waals surface area contributed by atoms with Crippen molar-refractivity contribution in [3.63, 3.8) is 0 Å². The lowest BCUT2D eigenvalue weighted by molar-refractivity contribution is 0.373. The number of nitrogen functional groups attached to an aromatic ring is 1. The molecule has 0 radical (unpaired) electrons. The van der Waals surface area contributed by atoms with Gasteiger partial charge in [0, 0.05) is 18.8 Å². The summed E-state index contributed by atoms with van der Waals surface area (Å²) in [4.78, 5) is 0.284. The monoisotopic (exact) mass is 254 g/mol. The van der Waals surface area contributed by atoms with Gasteiger partial charge in [-0.3, -0.25) is 0 Å². The maximum atomic E-state index is 12.3. The van der Waals surface area contributed by atoms with Gasteiger partial charge in [0.2, 0.25) is 10.0 Å². The molecule has 0 amide bonds. The van der Waals surface area contributed by atoms with Crippen LogP contribution in [0.5, 0.6) is 0 Å². The van der Waals surface area contributed by atoms with Crippen LogP contribution in [0.3, 0.4) is 0 Å². The highest BCUT2D eigenvalue weighted by atomic mass is 32.2. The summed E-state index contributed by atoms with van der Waals surface area (Å²) in [7, 11) is -1.73. The minimum absolute atomic E-state index is 0.140. The fraction of sp³-hybridized carbons (Fsp3) is 0.500. The fourth-order valence-electron chi connectivity index (χ4n) is 2.31.